The lowest BCUT2D eigenvalue weighted by molar-refractivity contribution is -0.146. The van der Waals surface area contributed by atoms with E-state index in [1.165, 1.54) is 0 Å². The highest BCUT2D eigenvalue weighted by Gasteiger charge is 2.37. The summed E-state index contributed by atoms with van der Waals surface area (Å²) < 4.78 is 11.0. The van der Waals surface area contributed by atoms with E-state index in [0.29, 0.717) is 6.61 Å². The molecule has 0 amide bonds. The summed E-state index contributed by atoms with van der Waals surface area (Å²) in [5, 5.41) is 8.67. The number of rotatable bonds is 2. The molecule has 0 saturated carbocycles. The van der Waals surface area contributed by atoms with Crippen molar-refractivity contribution in [2.45, 2.75) is 38.2 Å². The SMILES string of the molecule is O=C(O)CC1CCC2(CCOCC2)CO1. The number of hydrogen-bond acceptors (Lipinski definition) is 3. The molecule has 1 N–H and O–H groups in total. The molecule has 4 nitrogen and oxygen atoms in total. The zero-order valence-corrected chi connectivity index (χ0v) is 8.91. The predicted molar refractivity (Wildman–Crippen MR) is 53.7 cm³/mol. The molecule has 1 spiro atoms. The Kier molecular flexibility index (Phi) is 3.26. The third-order valence-corrected chi connectivity index (χ3v) is 3.58. The molecule has 1 unspecified atom stereocenters. The van der Waals surface area contributed by atoms with Crippen LogP contribution in [0.15, 0.2) is 0 Å². The van der Waals surface area contributed by atoms with E-state index in [1.807, 2.05) is 0 Å². The van der Waals surface area contributed by atoms with E-state index < -0.39 is 5.97 Å². The molecule has 2 heterocycles. The Morgan fingerprint density at radius 3 is 2.60 bits per heavy atom. The molecule has 2 fully saturated rings. The van der Waals surface area contributed by atoms with Crippen LogP contribution in [0.25, 0.3) is 0 Å². The summed E-state index contributed by atoms with van der Waals surface area (Å²) >= 11 is 0. The molecule has 0 aromatic carbocycles. The topological polar surface area (TPSA) is 55.8 Å². The minimum absolute atomic E-state index is 0.0732. The lowest BCUT2D eigenvalue weighted by Gasteiger charge is -2.42. The van der Waals surface area contributed by atoms with Crippen LogP contribution in [-0.4, -0.2) is 37.0 Å². The molecular formula is C11H18O4. The van der Waals surface area contributed by atoms with E-state index in [9.17, 15) is 4.79 Å². The van der Waals surface area contributed by atoms with E-state index in [4.69, 9.17) is 14.6 Å². The standard InChI is InChI=1S/C11H18O4/c12-10(13)7-9-1-2-11(8-15-9)3-5-14-6-4-11/h9H,1-8H2,(H,12,13). The van der Waals surface area contributed by atoms with Gasteiger partial charge in [-0.3, -0.25) is 4.79 Å². The van der Waals surface area contributed by atoms with Gasteiger partial charge in [0.15, 0.2) is 0 Å². The molecule has 0 aromatic rings. The lowest BCUT2D eigenvalue weighted by Crippen LogP contribution is -2.40. The van der Waals surface area contributed by atoms with Crippen molar-refractivity contribution in [1.29, 1.82) is 0 Å². The van der Waals surface area contributed by atoms with Gasteiger partial charge in [0.2, 0.25) is 0 Å². The summed E-state index contributed by atoms with van der Waals surface area (Å²) in [7, 11) is 0. The number of ether oxygens (including phenoxy) is 2. The fraction of sp³-hybridized carbons (Fsp3) is 0.909. The van der Waals surface area contributed by atoms with Crippen LogP contribution in [0, 0.1) is 5.41 Å². The highest BCUT2D eigenvalue weighted by Crippen LogP contribution is 2.40. The smallest absolute Gasteiger partial charge is 0.305 e. The van der Waals surface area contributed by atoms with Gasteiger partial charge in [-0.05, 0) is 31.1 Å². The van der Waals surface area contributed by atoms with Gasteiger partial charge in [-0.25, -0.2) is 0 Å². The maximum atomic E-state index is 10.5. The highest BCUT2D eigenvalue weighted by molar-refractivity contribution is 5.67. The minimum Gasteiger partial charge on any atom is -0.481 e. The van der Waals surface area contributed by atoms with Gasteiger partial charge in [0, 0.05) is 13.2 Å². The van der Waals surface area contributed by atoms with Crippen molar-refractivity contribution < 1.29 is 19.4 Å². The molecule has 0 bridgehead atoms. The van der Waals surface area contributed by atoms with E-state index in [1.54, 1.807) is 0 Å². The first kappa shape index (κ1) is 10.9. The molecule has 0 radical (unpaired) electrons. The maximum Gasteiger partial charge on any atom is 0.305 e. The fourth-order valence-electron chi connectivity index (χ4n) is 2.47. The molecular weight excluding hydrogens is 196 g/mol. The van der Waals surface area contributed by atoms with Gasteiger partial charge in [-0.15, -0.1) is 0 Å². The average molecular weight is 214 g/mol. The molecule has 0 aromatic heterocycles. The molecule has 86 valence electrons. The van der Waals surface area contributed by atoms with Gasteiger partial charge >= 0.3 is 5.97 Å². The fourth-order valence-corrected chi connectivity index (χ4v) is 2.47. The van der Waals surface area contributed by atoms with Crippen molar-refractivity contribution in [3.63, 3.8) is 0 Å². The Labute approximate surface area is 89.6 Å². The number of carboxylic acid groups (broad SMARTS) is 1. The van der Waals surface area contributed by atoms with Crippen LogP contribution in [0.5, 0.6) is 0 Å². The molecule has 2 rings (SSSR count). The Hall–Kier alpha value is -0.610. The Morgan fingerprint density at radius 2 is 2.07 bits per heavy atom. The van der Waals surface area contributed by atoms with Gasteiger partial charge in [0.25, 0.3) is 0 Å². The van der Waals surface area contributed by atoms with Crippen LogP contribution in [-0.2, 0) is 14.3 Å². The number of hydrogen-bond donors (Lipinski definition) is 1. The molecule has 1 atom stereocenters. The zero-order valence-electron chi connectivity index (χ0n) is 8.91. The summed E-state index contributed by atoms with van der Waals surface area (Å²) in [6, 6.07) is 0. The van der Waals surface area contributed by atoms with Crippen LogP contribution in [0.1, 0.15) is 32.1 Å². The minimum atomic E-state index is -0.761. The highest BCUT2D eigenvalue weighted by atomic mass is 16.5. The first-order chi connectivity index (χ1) is 7.20. The third-order valence-electron chi connectivity index (χ3n) is 3.58. The third kappa shape index (κ3) is 2.69. The van der Waals surface area contributed by atoms with Gasteiger partial charge in [0.1, 0.15) is 0 Å². The Morgan fingerprint density at radius 1 is 1.33 bits per heavy atom. The first-order valence-electron chi connectivity index (χ1n) is 5.61. The zero-order chi connectivity index (χ0) is 10.7. The van der Waals surface area contributed by atoms with E-state index in [-0.39, 0.29) is 17.9 Å². The van der Waals surface area contributed by atoms with Gasteiger partial charge in [-0.2, -0.15) is 0 Å². The van der Waals surface area contributed by atoms with E-state index in [0.717, 1.165) is 38.9 Å². The quantitative estimate of drug-likeness (QED) is 0.755. The Balaban J connectivity index is 1.82. The van der Waals surface area contributed by atoms with E-state index >= 15 is 0 Å². The summed E-state index contributed by atoms with van der Waals surface area (Å²) in [6.07, 6.45) is 4.17. The number of carbonyl (C=O) groups is 1. The summed E-state index contributed by atoms with van der Waals surface area (Å²) in [5.41, 5.74) is 0.285. The second kappa shape index (κ2) is 4.49. The van der Waals surface area contributed by atoms with Gasteiger partial charge in [-0.1, -0.05) is 0 Å². The Bertz CT molecular complexity index is 223. The molecule has 2 saturated heterocycles. The van der Waals surface area contributed by atoms with Gasteiger partial charge in [0.05, 0.1) is 19.1 Å². The monoisotopic (exact) mass is 214 g/mol. The van der Waals surface area contributed by atoms with Crippen LogP contribution in [0.2, 0.25) is 0 Å². The summed E-state index contributed by atoms with van der Waals surface area (Å²) in [5.74, 6) is -0.761. The van der Waals surface area contributed by atoms with Crippen LogP contribution < -0.4 is 0 Å². The molecule has 2 aliphatic rings. The molecule has 4 heteroatoms. The molecule has 15 heavy (non-hydrogen) atoms. The molecule has 0 aliphatic carbocycles. The van der Waals surface area contributed by atoms with E-state index in [2.05, 4.69) is 0 Å². The van der Waals surface area contributed by atoms with Crippen molar-refractivity contribution in [2.75, 3.05) is 19.8 Å². The second-order valence-corrected chi connectivity index (χ2v) is 4.68. The average Bonchev–Trinajstić information content (AvgIpc) is 2.23. The second-order valence-electron chi connectivity index (χ2n) is 4.68. The van der Waals surface area contributed by atoms with Crippen molar-refractivity contribution >= 4 is 5.97 Å². The first-order valence-corrected chi connectivity index (χ1v) is 5.61. The van der Waals surface area contributed by atoms with Crippen molar-refractivity contribution in [1.82, 2.24) is 0 Å². The predicted octanol–water partition coefficient (Wildman–Crippen LogP) is 1.44. The number of aliphatic carboxylic acids is 1. The summed E-state index contributed by atoms with van der Waals surface area (Å²) in [4.78, 5) is 10.5. The molecule has 2 aliphatic heterocycles. The number of carboxylic acids is 1. The largest absolute Gasteiger partial charge is 0.481 e. The van der Waals surface area contributed by atoms with Crippen molar-refractivity contribution in [3.8, 4) is 0 Å². The van der Waals surface area contributed by atoms with Crippen LogP contribution >= 0.6 is 0 Å². The van der Waals surface area contributed by atoms with Crippen molar-refractivity contribution in [3.05, 3.63) is 0 Å². The summed E-state index contributed by atoms with van der Waals surface area (Å²) in [6.45, 7) is 2.37. The van der Waals surface area contributed by atoms with Crippen LogP contribution in [0.4, 0.5) is 0 Å². The van der Waals surface area contributed by atoms with Gasteiger partial charge < -0.3 is 14.6 Å². The maximum absolute atomic E-state index is 10.5. The normalized spacial score (nSPS) is 30.3. The van der Waals surface area contributed by atoms with Crippen LogP contribution in [0.3, 0.4) is 0 Å². The van der Waals surface area contributed by atoms with Crippen molar-refractivity contribution in [2.24, 2.45) is 5.41 Å². The lowest BCUT2D eigenvalue weighted by atomic mass is 9.75.